The zero-order valence-corrected chi connectivity index (χ0v) is 14.6. The molecule has 1 aromatic carbocycles. The van der Waals surface area contributed by atoms with Gasteiger partial charge in [0.1, 0.15) is 0 Å². The number of allylic oxidation sites excluding steroid dienone is 2. The van der Waals surface area contributed by atoms with Gasteiger partial charge in [0.05, 0.1) is 15.9 Å². The summed E-state index contributed by atoms with van der Waals surface area (Å²) in [6.45, 7) is 0. The monoisotopic (exact) mass is 377 g/mol. The first-order chi connectivity index (χ1) is 11.8. The molecular formula is C16H15N3O4S2. The van der Waals surface area contributed by atoms with E-state index in [2.05, 4.69) is 17.5 Å². The number of hydrogen-bond acceptors (Lipinski definition) is 6. The van der Waals surface area contributed by atoms with E-state index in [1.54, 1.807) is 18.2 Å². The first-order valence-electron chi connectivity index (χ1n) is 7.68. The average Bonchev–Trinajstić information content (AvgIpc) is 3.22. The van der Waals surface area contributed by atoms with Gasteiger partial charge in [0.2, 0.25) is 10.0 Å². The Bertz CT molecular complexity index is 997. The van der Waals surface area contributed by atoms with Crippen LogP contribution in [0.25, 0.3) is 0 Å². The molecule has 1 aliphatic heterocycles. The Morgan fingerprint density at radius 3 is 2.76 bits per heavy atom. The zero-order valence-electron chi connectivity index (χ0n) is 13.0. The van der Waals surface area contributed by atoms with E-state index in [-0.39, 0.29) is 32.7 Å². The maximum atomic E-state index is 11.6. The highest BCUT2D eigenvalue weighted by atomic mass is 32.2. The maximum absolute atomic E-state index is 11.6. The first-order valence-corrected chi connectivity index (χ1v) is 10.0. The van der Waals surface area contributed by atoms with E-state index < -0.39 is 10.0 Å². The van der Waals surface area contributed by atoms with Crippen molar-refractivity contribution < 1.29 is 13.3 Å². The predicted octanol–water partition coefficient (Wildman–Crippen LogP) is 3.13. The second kappa shape index (κ2) is 5.65. The van der Waals surface area contributed by atoms with Crippen molar-refractivity contribution in [1.82, 2.24) is 0 Å². The summed E-state index contributed by atoms with van der Waals surface area (Å²) < 4.78 is 23.3. The van der Waals surface area contributed by atoms with Gasteiger partial charge in [-0.2, -0.15) is 0 Å². The molecule has 0 bridgehead atoms. The lowest BCUT2D eigenvalue weighted by atomic mass is 9.79. The first kappa shape index (κ1) is 16.2. The summed E-state index contributed by atoms with van der Waals surface area (Å²) in [6, 6.07) is 8.09. The van der Waals surface area contributed by atoms with Gasteiger partial charge in [-0.3, -0.25) is 10.1 Å². The van der Waals surface area contributed by atoms with Gasteiger partial charge in [-0.15, -0.1) is 0 Å². The molecule has 0 amide bonds. The fourth-order valence-electron chi connectivity index (χ4n) is 3.64. The number of rotatable bonds is 3. The van der Waals surface area contributed by atoms with Crippen molar-refractivity contribution in [2.24, 2.45) is 11.1 Å². The molecule has 2 aromatic rings. The standard InChI is InChI=1S/C16H15N3O4S2/c17-25(22,23)9-4-5-13-12(8-9)10-2-1-3-11(10)16(18-13)14-6-7-15(24-14)19(20)21/h1-2,4-8,10-11,16,18H,3H2,(H2,17,22,23). The number of nitrogens with one attached hydrogen (secondary N) is 1. The minimum Gasteiger partial charge on any atom is -0.377 e. The Morgan fingerprint density at radius 1 is 1.28 bits per heavy atom. The van der Waals surface area contributed by atoms with Gasteiger partial charge in [-0.25, -0.2) is 13.6 Å². The maximum Gasteiger partial charge on any atom is 0.324 e. The number of anilines is 1. The smallest absolute Gasteiger partial charge is 0.324 e. The van der Waals surface area contributed by atoms with Gasteiger partial charge >= 0.3 is 5.00 Å². The van der Waals surface area contributed by atoms with Gasteiger partial charge in [-0.05, 0) is 42.2 Å². The van der Waals surface area contributed by atoms with Crippen molar-refractivity contribution in [2.75, 3.05) is 5.32 Å². The Hall–Kier alpha value is -2.23. The number of sulfonamides is 1. The highest BCUT2D eigenvalue weighted by molar-refractivity contribution is 7.89. The molecule has 0 saturated heterocycles. The van der Waals surface area contributed by atoms with Crippen LogP contribution in [0.1, 0.15) is 28.8 Å². The Balaban J connectivity index is 1.77. The number of benzene rings is 1. The number of nitrogens with two attached hydrogens (primary N) is 1. The molecule has 1 aromatic heterocycles. The van der Waals surface area contributed by atoms with E-state index in [9.17, 15) is 18.5 Å². The normalized spacial score (nSPS) is 24.4. The molecule has 3 atom stereocenters. The van der Waals surface area contributed by atoms with E-state index in [4.69, 9.17) is 5.14 Å². The molecule has 2 heterocycles. The van der Waals surface area contributed by atoms with Crippen LogP contribution >= 0.6 is 11.3 Å². The number of nitrogens with zero attached hydrogens (tertiary/aromatic N) is 1. The average molecular weight is 377 g/mol. The minimum absolute atomic E-state index is 0.0495. The van der Waals surface area contributed by atoms with E-state index in [0.29, 0.717) is 0 Å². The molecule has 9 heteroatoms. The molecular weight excluding hydrogens is 362 g/mol. The van der Waals surface area contributed by atoms with Crippen LogP contribution in [0.2, 0.25) is 0 Å². The number of primary sulfonamides is 1. The third-order valence-electron chi connectivity index (χ3n) is 4.76. The summed E-state index contributed by atoms with van der Waals surface area (Å²) in [5.41, 5.74) is 1.73. The van der Waals surface area contributed by atoms with Gasteiger partial charge < -0.3 is 5.32 Å². The van der Waals surface area contributed by atoms with Crippen LogP contribution in [0.5, 0.6) is 0 Å². The predicted molar refractivity (Wildman–Crippen MR) is 95.1 cm³/mol. The van der Waals surface area contributed by atoms with Crippen molar-refractivity contribution in [3.8, 4) is 0 Å². The van der Waals surface area contributed by atoms with E-state index in [0.717, 1.165) is 22.5 Å². The second-order valence-electron chi connectivity index (χ2n) is 6.20. The summed E-state index contributed by atoms with van der Waals surface area (Å²) in [4.78, 5) is 11.6. The van der Waals surface area contributed by atoms with Crippen LogP contribution in [-0.2, 0) is 10.0 Å². The van der Waals surface area contributed by atoms with Crippen LogP contribution < -0.4 is 10.5 Å². The second-order valence-corrected chi connectivity index (χ2v) is 8.86. The molecule has 3 unspecified atom stereocenters. The van der Waals surface area contributed by atoms with E-state index >= 15 is 0 Å². The SMILES string of the molecule is NS(=O)(=O)c1ccc2c(c1)C1C=CCC1C(c1ccc([N+](=O)[O-])s1)N2. The molecule has 3 N–H and O–H groups in total. The molecule has 2 aliphatic rings. The fourth-order valence-corrected chi connectivity index (χ4v) is 5.14. The Kier molecular flexibility index (Phi) is 3.67. The van der Waals surface area contributed by atoms with Crippen LogP contribution in [0.4, 0.5) is 10.7 Å². The third-order valence-corrected chi connectivity index (χ3v) is 6.79. The zero-order chi connectivity index (χ0) is 17.8. The lowest BCUT2D eigenvalue weighted by Crippen LogP contribution is -2.28. The highest BCUT2D eigenvalue weighted by Crippen LogP contribution is 2.51. The van der Waals surface area contributed by atoms with Crippen molar-refractivity contribution in [3.05, 3.63) is 63.0 Å². The van der Waals surface area contributed by atoms with Gasteiger partial charge in [-0.1, -0.05) is 23.5 Å². The van der Waals surface area contributed by atoms with Gasteiger partial charge in [0, 0.05) is 22.5 Å². The Labute approximate surface area is 148 Å². The van der Waals surface area contributed by atoms with Crippen molar-refractivity contribution >= 4 is 32.0 Å². The lowest BCUT2D eigenvalue weighted by Gasteiger charge is -2.36. The van der Waals surface area contributed by atoms with E-state index in [1.165, 1.54) is 23.5 Å². The molecule has 0 fully saturated rings. The topological polar surface area (TPSA) is 115 Å². The largest absolute Gasteiger partial charge is 0.377 e. The van der Waals surface area contributed by atoms with Crippen LogP contribution in [-0.4, -0.2) is 13.3 Å². The summed E-state index contributed by atoms with van der Waals surface area (Å²) in [6.07, 6.45) is 4.98. The molecule has 7 nitrogen and oxygen atoms in total. The lowest BCUT2D eigenvalue weighted by molar-refractivity contribution is -0.380. The third kappa shape index (κ3) is 2.74. The van der Waals surface area contributed by atoms with E-state index in [1.807, 2.05) is 0 Å². The minimum atomic E-state index is -3.76. The molecule has 25 heavy (non-hydrogen) atoms. The molecule has 130 valence electrons. The van der Waals surface area contributed by atoms with Gasteiger partial charge in [0.15, 0.2) is 0 Å². The van der Waals surface area contributed by atoms with Crippen molar-refractivity contribution in [2.45, 2.75) is 23.3 Å². The number of hydrogen-bond donors (Lipinski definition) is 2. The van der Waals surface area contributed by atoms with Crippen LogP contribution in [0.3, 0.4) is 0 Å². The number of fused-ring (bicyclic) bond motifs is 3. The molecule has 0 radical (unpaired) electrons. The molecule has 4 rings (SSSR count). The molecule has 0 saturated carbocycles. The van der Waals surface area contributed by atoms with Gasteiger partial charge in [0.25, 0.3) is 0 Å². The molecule has 0 spiro atoms. The number of nitro groups is 1. The van der Waals surface area contributed by atoms with Crippen molar-refractivity contribution in [1.29, 1.82) is 0 Å². The van der Waals surface area contributed by atoms with Crippen LogP contribution in [0, 0.1) is 16.0 Å². The summed E-state index contributed by atoms with van der Waals surface area (Å²) in [5, 5.41) is 19.8. The van der Waals surface area contributed by atoms with Crippen LogP contribution in [0.15, 0.2) is 47.4 Å². The molecule has 1 aliphatic carbocycles. The summed E-state index contributed by atoms with van der Waals surface area (Å²) in [7, 11) is -3.76. The summed E-state index contributed by atoms with van der Waals surface area (Å²) >= 11 is 1.17. The summed E-state index contributed by atoms with van der Waals surface area (Å²) in [5.74, 6) is 0.241. The Morgan fingerprint density at radius 2 is 2.08 bits per heavy atom. The fraction of sp³-hybridized carbons (Fsp3) is 0.250. The highest BCUT2D eigenvalue weighted by Gasteiger charge is 2.39. The quantitative estimate of drug-likeness (QED) is 0.484. The van der Waals surface area contributed by atoms with Crippen molar-refractivity contribution in [3.63, 3.8) is 0 Å². The number of thiophene rings is 1.